The Morgan fingerprint density at radius 2 is 2.38 bits per heavy atom. The molecule has 2 heterocycles. The number of rotatable bonds is 2. The SMILES string of the molecule is C[C@H]1CN(C(=O)CC2CCCCO2)CCN1. The predicted octanol–water partition coefficient (Wildman–Crippen LogP) is 0.766. The molecule has 92 valence electrons. The molecule has 2 rings (SSSR count). The molecule has 0 aromatic heterocycles. The number of hydrogen-bond acceptors (Lipinski definition) is 3. The van der Waals surface area contributed by atoms with Crippen LogP contribution in [0, 0.1) is 0 Å². The number of hydrogen-bond donors (Lipinski definition) is 1. The number of nitrogens with zero attached hydrogens (tertiary/aromatic N) is 1. The molecule has 0 aliphatic carbocycles. The topological polar surface area (TPSA) is 41.6 Å². The highest BCUT2D eigenvalue weighted by Crippen LogP contribution is 2.17. The van der Waals surface area contributed by atoms with E-state index in [1.807, 2.05) is 4.90 Å². The number of amides is 1. The summed E-state index contributed by atoms with van der Waals surface area (Å²) in [6.07, 6.45) is 4.15. The number of piperazine rings is 1. The van der Waals surface area contributed by atoms with Crippen molar-refractivity contribution in [3.8, 4) is 0 Å². The van der Waals surface area contributed by atoms with Crippen LogP contribution in [-0.4, -0.2) is 49.2 Å². The van der Waals surface area contributed by atoms with Gasteiger partial charge in [0.1, 0.15) is 0 Å². The molecule has 0 spiro atoms. The van der Waals surface area contributed by atoms with Crippen LogP contribution in [0.1, 0.15) is 32.6 Å². The van der Waals surface area contributed by atoms with Gasteiger partial charge < -0.3 is 15.0 Å². The summed E-state index contributed by atoms with van der Waals surface area (Å²) in [6, 6.07) is 0.421. The van der Waals surface area contributed by atoms with E-state index in [1.165, 1.54) is 6.42 Å². The van der Waals surface area contributed by atoms with Crippen molar-refractivity contribution in [2.75, 3.05) is 26.2 Å². The van der Waals surface area contributed by atoms with E-state index in [0.29, 0.717) is 12.5 Å². The molecule has 4 heteroatoms. The molecular weight excluding hydrogens is 204 g/mol. The lowest BCUT2D eigenvalue weighted by Gasteiger charge is -2.33. The van der Waals surface area contributed by atoms with Gasteiger partial charge in [0.15, 0.2) is 0 Å². The van der Waals surface area contributed by atoms with Gasteiger partial charge in [0.25, 0.3) is 0 Å². The molecule has 16 heavy (non-hydrogen) atoms. The highest BCUT2D eigenvalue weighted by molar-refractivity contribution is 5.76. The Hall–Kier alpha value is -0.610. The maximum atomic E-state index is 12.0. The van der Waals surface area contributed by atoms with Crippen molar-refractivity contribution in [1.82, 2.24) is 10.2 Å². The van der Waals surface area contributed by atoms with E-state index >= 15 is 0 Å². The maximum Gasteiger partial charge on any atom is 0.225 e. The molecule has 0 aromatic rings. The summed E-state index contributed by atoms with van der Waals surface area (Å²) in [5, 5.41) is 3.35. The van der Waals surface area contributed by atoms with E-state index in [2.05, 4.69) is 12.2 Å². The second-order valence-electron chi connectivity index (χ2n) is 4.89. The smallest absolute Gasteiger partial charge is 0.225 e. The van der Waals surface area contributed by atoms with Crippen LogP contribution in [0.2, 0.25) is 0 Å². The molecule has 1 N–H and O–H groups in total. The minimum atomic E-state index is 0.173. The van der Waals surface area contributed by atoms with Crippen molar-refractivity contribution in [2.45, 2.75) is 44.8 Å². The van der Waals surface area contributed by atoms with Gasteiger partial charge in [-0.05, 0) is 26.2 Å². The third-order valence-corrected chi connectivity index (χ3v) is 3.40. The Bertz CT molecular complexity index is 239. The zero-order valence-corrected chi connectivity index (χ0v) is 10.1. The van der Waals surface area contributed by atoms with E-state index in [1.54, 1.807) is 0 Å². The third kappa shape index (κ3) is 3.19. The molecule has 0 saturated carbocycles. The molecule has 2 aliphatic rings. The molecule has 2 aliphatic heterocycles. The van der Waals surface area contributed by atoms with Crippen LogP contribution in [0.5, 0.6) is 0 Å². The van der Waals surface area contributed by atoms with Crippen molar-refractivity contribution in [3.63, 3.8) is 0 Å². The average molecular weight is 226 g/mol. The fourth-order valence-electron chi connectivity index (χ4n) is 2.45. The van der Waals surface area contributed by atoms with E-state index in [-0.39, 0.29) is 12.0 Å². The van der Waals surface area contributed by atoms with E-state index < -0.39 is 0 Å². The van der Waals surface area contributed by atoms with Crippen molar-refractivity contribution < 1.29 is 9.53 Å². The van der Waals surface area contributed by atoms with Gasteiger partial charge in [-0.2, -0.15) is 0 Å². The number of ether oxygens (including phenoxy) is 1. The summed E-state index contributed by atoms with van der Waals surface area (Å²) in [7, 11) is 0. The highest BCUT2D eigenvalue weighted by Gasteiger charge is 2.24. The van der Waals surface area contributed by atoms with E-state index in [9.17, 15) is 4.79 Å². The predicted molar refractivity (Wildman–Crippen MR) is 62.3 cm³/mol. The summed E-state index contributed by atoms with van der Waals surface area (Å²) in [5.74, 6) is 0.264. The molecule has 0 aromatic carbocycles. The summed E-state index contributed by atoms with van der Waals surface area (Å²) in [5.41, 5.74) is 0. The minimum Gasteiger partial charge on any atom is -0.378 e. The van der Waals surface area contributed by atoms with E-state index in [0.717, 1.165) is 39.1 Å². The quantitative estimate of drug-likeness (QED) is 0.756. The number of nitrogens with one attached hydrogen (secondary N) is 1. The van der Waals surface area contributed by atoms with Crippen LogP contribution < -0.4 is 5.32 Å². The van der Waals surface area contributed by atoms with Gasteiger partial charge >= 0.3 is 0 Å². The second kappa shape index (κ2) is 5.64. The Morgan fingerprint density at radius 1 is 1.50 bits per heavy atom. The fourth-order valence-corrected chi connectivity index (χ4v) is 2.45. The monoisotopic (exact) mass is 226 g/mol. The zero-order chi connectivity index (χ0) is 11.4. The van der Waals surface area contributed by atoms with Gasteiger partial charge in [-0.25, -0.2) is 0 Å². The van der Waals surface area contributed by atoms with Gasteiger partial charge in [0.05, 0.1) is 12.5 Å². The van der Waals surface area contributed by atoms with Gasteiger partial charge in [0, 0.05) is 32.3 Å². The Labute approximate surface area is 97.3 Å². The summed E-state index contributed by atoms with van der Waals surface area (Å²) >= 11 is 0. The Kier molecular flexibility index (Phi) is 4.18. The van der Waals surface area contributed by atoms with Gasteiger partial charge in [-0.15, -0.1) is 0 Å². The van der Waals surface area contributed by atoms with Crippen LogP contribution in [0.3, 0.4) is 0 Å². The lowest BCUT2D eigenvalue weighted by molar-refractivity contribution is -0.136. The van der Waals surface area contributed by atoms with Crippen molar-refractivity contribution >= 4 is 5.91 Å². The fraction of sp³-hybridized carbons (Fsp3) is 0.917. The van der Waals surface area contributed by atoms with Gasteiger partial charge in [-0.1, -0.05) is 0 Å². The highest BCUT2D eigenvalue weighted by atomic mass is 16.5. The third-order valence-electron chi connectivity index (χ3n) is 3.40. The maximum absolute atomic E-state index is 12.0. The van der Waals surface area contributed by atoms with Crippen molar-refractivity contribution in [2.24, 2.45) is 0 Å². The molecule has 4 nitrogen and oxygen atoms in total. The molecule has 2 fully saturated rings. The zero-order valence-electron chi connectivity index (χ0n) is 10.1. The normalized spacial score (nSPS) is 31.4. The average Bonchev–Trinajstić information content (AvgIpc) is 2.30. The van der Waals surface area contributed by atoms with Gasteiger partial charge in [0.2, 0.25) is 5.91 Å². The van der Waals surface area contributed by atoms with Crippen LogP contribution in [0.25, 0.3) is 0 Å². The minimum absolute atomic E-state index is 0.173. The molecular formula is C12H22N2O2. The molecule has 2 atom stereocenters. The second-order valence-corrected chi connectivity index (χ2v) is 4.89. The van der Waals surface area contributed by atoms with Crippen LogP contribution >= 0.6 is 0 Å². The Morgan fingerprint density at radius 3 is 3.06 bits per heavy atom. The standard InChI is InChI=1S/C12H22N2O2/c1-10-9-14(6-5-13-10)12(15)8-11-4-2-3-7-16-11/h10-11,13H,2-9H2,1H3/t10-,11?/m0/s1. The van der Waals surface area contributed by atoms with Crippen molar-refractivity contribution in [3.05, 3.63) is 0 Å². The summed E-state index contributed by atoms with van der Waals surface area (Å²) in [6.45, 7) is 5.55. The molecule has 2 saturated heterocycles. The first kappa shape index (κ1) is 11.9. The largest absolute Gasteiger partial charge is 0.378 e. The van der Waals surface area contributed by atoms with Gasteiger partial charge in [-0.3, -0.25) is 4.79 Å². The lowest BCUT2D eigenvalue weighted by atomic mass is 10.1. The van der Waals surface area contributed by atoms with Crippen LogP contribution in [0.4, 0.5) is 0 Å². The first-order valence-corrected chi connectivity index (χ1v) is 6.38. The molecule has 0 radical (unpaired) electrons. The molecule has 1 amide bonds. The summed E-state index contributed by atoms with van der Waals surface area (Å²) in [4.78, 5) is 14.0. The van der Waals surface area contributed by atoms with Crippen LogP contribution in [0.15, 0.2) is 0 Å². The molecule has 1 unspecified atom stereocenters. The van der Waals surface area contributed by atoms with E-state index in [4.69, 9.17) is 4.74 Å². The lowest BCUT2D eigenvalue weighted by Crippen LogP contribution is -2.51. The molecule has 0 bridgehead atoms. The van der Waals surface area contributed by atoms with Crippen molar-refractivity contribution in [1.29, 1.82) is 0 Å². The first-order valence-electron chi connectivity index (χ1n) is 6.38. The summed E-state index contributed by atoms with van der Waals surface area (Å²) < 4.78 is 5.60. The number of carbonyl (C=O) groups is 1. The first-order chi connectivity index (χ1) is 7.75. The van der Waals surface area contributed by atoms with Crippen LogP contribution in [-0.2, 0) is 9.53 Å². The number of carbonyl (C=O) groups excluding carboxylic acids is 1. The Balaban J connectivity index is 1.77.